The summed E-state index contributed by atoms with van der Waals surface area (Å²) in [6.45, 7) is 0.239. The fourth-order valence-electron chi connectivity index (χ4n) is 1.30. The molecule has 0 aliphatic heterocycles. The van der Waals surface area contributed by atoms with E-state index in [0.29, 0.717) is 11.3 Å². The molecule has 0 aliphatic carbocycles. The first kappa shape index (κ1) is 14.4. The molecule has 1 aromatic carbocycles. The van der Waals surface area contributed by atoms with Gasteiger partial charge < -0.3 is 10.5 Å². The SMILES string of the molecule is NCC#Cc1ccccc1OCCCC(F)(F)F. The Labute approximate surface area is 104 Å². The van der Waals surface area contributed by atoms with Crippen LogP contribution in [-0.2, 0) is 0 Å². The number of halogens is 3. The summed E-state index contributed by atoms with van der Waals surface area (Å²) in [6.07, 6.45) is -5.05. The predicted octanol–water partition coefficient (Wildman–Crippen LogP) is 2.72. The van der Waals surface area contributed by atoms with Gasteiger partial charge in [-0.3, -0.25) is 0 Å². The van der Waals surface area contributed by atoms with E-state index in [-0.39, 0.29) is 19.6 Å². The second kappa shape index (κ2) is 6.92. The third-order valence-electron chi connectivity index (χ3n) is 2.07. The first-order valence-electron chi connectivity index (χ1n) is 5.50. The van der Waals surface area contributed by atoms with E-state index < -0.39 is 12.6 Å². The molecule has 0 spiro atoms. The van der Waals surface area contributed by atoms with E-state index in [0.717, 1.165) is 0 Å². The van der Waals surface area contributed by atoms with Gasteiger partial charge in [0.05, 0.1) is 18.7 Å². The lowest BCUT2D eigenvalue weighted by Gasteiger charge is -2.09. The maximum absolute atomic E-state index is 11.9. The summed E-state index contributed by atoms with van der Waals surface area (Å²) >= 11 is 0. The molecular formula is C13H14F3NO. The number of rotatable bonds is 4. The molecule has 1 rings (SSSR count). The molecule has 0 saturated heterocycles. The second-order valence-corrected chi connectivity index (χ2v) is 3.57. The summed E-state index contributed by atoms with van der Waals surface area (Å²) < 4.78 is 41.1. The molecule has 0 saturated carbocycles. The smallest absolute Gasteiger partial charge is 0.389 e. The zero-order valence-corrected chi connectivity index (χ0v) is 9.76. The van der Waals surface area contributed by atoms with Gasteiger partial charge in [-0.15, -0.1) is 0 Å². The van der Waals surface area contributed by atoms with E-state index in [1.165, 1.54) is 0 Å². The minimum Gasteiger partial charge on any atom is -0.492 e. The molecule has 1 aromatic rings. The number of alkyl halides is 3. The highest BCUT2D eigenvalue weighted by Gasteiger charge is 2.26. The van der Waals surface area contributed by atoms with Crippen LogP contribution in [0.3, 0.4) is 0 Å². The first-order chi connectivity index (χ1) is 8.53. The monoisotopic (exact) mass is 257 g/mol. The number of para-hydroxylation sites is 1. The zero-order chi connectivity index (χ0) is 13.4. The number of hydrogen-bond acceptors (Lipinski definition) is 2. The maximum Gasteiger partial charge on any atom is 0.389 e. The zero-order valence-electron chi connectivity index (χ0n) is 9.76. The molecule has 0 amide bonds. The van der Waals surface area contributed by atoms with Gasteiger partial charge in [-0.05, 0) is 18.6 Å². The van der Waals surface area contributed by atoms with Gasteiger partial charge in [0.15, 0.2) is 0 Å². The highest BCUT2D eigenvalue weighted by Crippen LogP contribution is 2.22. The Morgan fingerprint density at radius 3 is 2.61 bits per heavy atom. The van der Waals surface area contributed by atoms with Crippen molar-refractivity contribution >= 4 is 0 Å². The Kier molecular flexibility index (Phi) is 5.53. The summed E-state index contributed by atoms with van der Waals surface area (Å²) in [5.74, 6) is 5.97. The maximum atomic E-state index is 11.9. The standard InChI is InChI=1S/C13H14F3NO/c14-13(15,16)8-4-10-18-12-7-2-1-5-11(12)6-3-9-17/h1-2,5,7H,4,8-10,17H2. The van der Waals surface area contributed by atoms with Crippen molar-refractivity contribution in [2.24, 2.45) is 5.73 Å². The highest BCUT2D eigenvalue weighted by molar-refractivity contribution is 5.45. The number of benzene rings is 1. The van der Waals surface area contributed by atoms with Gasteiger partial charge >= 0.3 is 6.18 Å². The van der Waals surface area contributed by atoms with Crippen molar-refractivity contribution in [1.82, 2.24) is 0 Å². The molecule has 0 aromatic heterocycles. The summed E-state index contributed by atoms with van der Waals surface area (Å²) in [5, 5.41) is 0. The van der Waals surface area contributed by atoms with Crippen molar-refractivity contribution in [3.63, 3.8) is 0 Å². The van der Waals surface area contributed by atoms with E-state index in [1.807, 2.05) is 0 Å². The van der Waals surface area contributed by atoms with Crippen LogP contribution in [-0.4, -0.2) is 19.3 Å². The fraction of sp³-hybridized carbons (Fsp3) is 0.385. The van der Waals surface area contributed by atoms with Gasteiger partial charge in [0.1, 0.15) is 5.75 Å². The van der Waals surface area contributed by atoms with Gasteiger partial charge in [0.25, 0.3) is 0 Å². The van der Waals surface area contributed by atoms with Crippen LogP contribution in [0, 0.1) is 11.8 Å². The van der Waals surface area contributed by atoms with E-state index >= 15 is 0 Å². The number of hydrogen-bond donors (Lipinski definition) is 1. The molecule has 2 N–H and O–H groups in total. The Hall–Kier alpha value is -1.67. The molecule has 5 heteroatoms. The summed E-state index contributed by atoms with van der Waals surface area (Å²) in [7, 11) is 0. The van der Waals surface area contributed by atoms with Crippen LogP contribution < -0.4 is 10.5 Å². The van der Waals surface area contributed by atoms with E-state index in [1.54, 1.807) is 24.3 Å². The highest BCUT2D eigenvalue weighted by atomic mass is 19.4. The van der Waals surface area contributed by atoms with Gasteiger partial charge in [-0.25, -0.2) is 0 Å². The first-order valence-corrected chi connectivity index (χ1v) is 5.50. The fourth-order valence-corrected chi connectivity index (χ4v) is 1.30. The molecule has 98 valence electrons. The largest absolute Gasteiger partial charge is 0.492 e. The van der Waals surface area contributed by atoms with Crippen LogP contribution in [0.15, 0.2) is 24.3 Å². The normalized spacial score (nSPS) is 10.7. The van der Waals surface area contributed by atoms with Crippen molar-refractivity contribution < 1.29 is 17.9 Å². The van der Waals surface area contributed by atoms with Crippen LogP contribution >= 0.6 is 0 Å². The second-order valence-electron chi connectivity index (χ2n) is 3.57. The van der Waals surface area contributed by atoms with Crippen LogP contribution in [0.25, 0.3) is 0 Å². The molecular weight excluding hydrogens is 243 g/mol. The van der Waals surface area contributed by atoms with E-state index in [4.69, 9.17) is 10.5 Å². The van der Waals surface area contributed by atoms with E-state index in [9.17, 15) is 13.2 Å². The Morgan fingerprint density at radius 1 is 1.22 bits per heavy atom. The van der Waals surface area contributed by atoms with Crippen LogP contribution in [0.1, 0.15) is 18.4 Å². The molecule has 2 nitrogen and oxygen atoms in total. The topological polar surface area (TPSA) is 35.2 Å². The lowest BCUT2D eigenvalue weighted by Crippen LogP contribution is -2.10. The summed E-state index contributed by atoms with van der Waals surface area (Å²) in [4.78, 5) is 0. The predicted molar refractivity (Wildman–Crippen MR) is 63.2 cm³/mol. The molecule has 18 heavy (non-hydrogen) atoms. The Bertz CT molecular complexity index is 432. The van der Waals surface area contributed by atoms with Crippen LogP contribution in [0.5, 0.6) is 5.75 Å². The molecule has 0 fully saturated rings. The lowest BCUT2D eigenvalue weighted by atomic mass is 10.2. The third kappa shape index (κ3) is 5.60. The van der Waals surface area contributed by atoms with Crippen LogP contribution in [0.4, 0.5) is 13.2 Å². The quantitative estimate of drug-likeness (QED) is 0.665. The lowest BCUT2D eigenvalue weighted by molar-refractivity contribution is -0.136. The van der Waals surface area contributed by atoms with Crippen molar-refractivity contribution in [2.75, 3.05) is 13.2 Å². The van der Waals surface area contributed by atoms with Crippen molar-refractivity contribution in [1.29, 1.82) is 0 Å². The molecule has 0 bridgehead atoms. The molecule has 0 radical (unpaired) electrons. The van der Waals surface area contributed by atoms with Crippen molar-refractivity contribution in [3.05, 3.63) is 29.8 Å². The summed E-state index contributed by atoms with van der Waals surface area (Å²) in [5.41, 5.74) is 5.89. The minimum absolute atomic E-state index is 0.0147. The average molecular weight is 257 g/mol. The third-order valence-corrected chi connectivity index (χ3v) is 2.07. The van der Waals surface area contributed by atoms with Crippen molar-refractivity contribution in [3.8, 4) is 17.6 Å². The molecule has 0 unspecified atom stereocenters. The van der Waals surface area contributed by atoms with E-state index in [2.05, 4.69) is 11.8 Å². The summed E-state index contributed by atoms with van der Waals surface area (Å²) in [6, 6.07) is 6.94. The average Bonchev–Trinajstić information content (AvgIpc) is 2.32. The molecule has 0 atom stereocenters. The van der Waals surface area contributed by atoms with Crippen LogP contribution in [0.2, 0.25) is 0 Å². The van der Waals surface area contributed by atoms with Gasteiger partial charge in [0, 0.05) is 6.42 Å². The minimum atomic E-state index is -4.14. The molecule has 0 heterocycles. The number of ether oxygens (including phenoxy) is 1. The Balaban J connectivity index is 2.52. The van der Waals surface area contributed by atoms with Gasteiger partial charge in [-0.2, -0.15) is 13.2 Å². The van der Waals surface area contributed by atoms with Crippen molar-refractivity contribution in [2.45, 2.75) is 19.0 Å². The van der Waals surface area contributed by atoms with Gasteiger partial charge in [-0.1, -0.05) is 24.0 Å². The number of nitrogens with two attached hydrogens (primary N) is 1. The molecule has 0 aliphatic rings. The van der Waals surface area contributed by atoms with Gasteiger partial charge in [0.2, 0.25) is 0 Å². The Morgan fingerprint density at radius 2 is 1.94 bits per heavy atom.